The highest BCUT2D eigenvalue weighted by Crippen LogP contribution is 2.02. The molecule has 3 heteroatoms. The van der Waals surface area contributed by atoms with E-state index in [0.717, 1.165) is 38.8 Å². The molecular weight excluding hydrogens is 210 g/mol. The molecule has 0 amide bonds. The number of hydrogen-bond donors (Lipinski definition) is 2. The fraction of sp³-hybridized carbons (Fsp3) is 0.500. The number of nitrogens with two attached hydrogens (primary N) is 1. The monoisotopic (exact) mass is 233 g/mol. The fourth-order valence-electron chi connectivity index (χ4n) is 1.77. The van der Waals surface area contributed by atoms with Crippen LogP contribution in [0.1, 0.15) is 24.8 Å². The molecule has 1 aromatic carbocycles. The molecule has 0 aliphatic heterocycles. The number of amidine groups is 1. The van der Waals surface area contributed by atoms with Crippen molar-refractivity contribution in [2.45, 2.75) is 25.7 Å². The third-order valence-corrected chi connectivity index (χ3v) is 2.86. The molecule has 0 aliphatic rings. The number of unbranched alkanes of at least 4 members (excludes halogenated alkanes) is 1. The third kappa shape index (κ3) is 6.74. The van der Waals surface area contributed by atoms with Gasteiger partial charge in [-0.2, -0.15) is 0 Å². The van der Waals surface area contributed by atoms with Crippen LogP contribution in [0.3, 0.4) is 0 Å². The van der Waals surface area contributed by atoms with Crippen LogP contribution in [0.25, 0.3) is 0 Å². The average Bonchev–Trinajstić information content (AvgIpc) is 2.33. The Labute approximate surface area is 104 Å². The van der Waals surface area contributed by atoms with E-state index in [2.05, 4.69) is 42.3 Å². The molecular formula is C14H23N3. The molecule has 0 spiro atoms. The number of benzene rings is 1. The van der Waals surface area contributed by atoms with Crippen molar-refractivity contribution >= 4 is 5.84 Å². The van der Waals surface area contributed by atoms with Crippen LogP contribution in [0.4, 0.5) is 0 Å². The van der Waals surface area contributed by atoms with Crippen LogP contribution in [0.5, 0.6) is 0 Å². The number of nitrogens with one attached hydrogen (secondary N) is 1. The molecule has 0 unspecified atom stereocenters. The van der Waals surface area contributed by atoms with E-state index >= 15 is 0 Å². The van der Waals surface area contributed by atoms with Crippen LogP contribution in [-0.4, -0.2) is 30.9 Å². The van der Waals surface area contributed by atoms with Crippen molar-refractivity contribution < 1.29 is 0 Å². The van der Waals surface area contributed by atoms with Gasteiger partial charge < -0.3 is 10.6 Å². The standard InChI is InChI=1S/C14H23N3/c1-17(11-6-5-9-14(15)16)12-10-13-7-3-2-4-8-13/h2-4,7-8H,5-6,9-12H2,1H3,(H3,15,16). The van der Waals surface area contributed by atoms with E-state index in [1.165, 1.54) is 5.56 Å². The second-order valence-electron chi connectivity index (χ2n) is 4.52. The topological polar surface area (TPSA) is 53.1 Å². The van der Waals surface area contributed by atoms with Gasteiger partial charge in [0.2, 0.25) is 0 Å². The van der Waals surface area contributed by atoms with Gasteiger partial charge in [-0.1, -0.05) is 30.3 Å². The summed E-state index contributed by atoms with van der Waals surface area (Å²) >= 11 is 0. The molecule has 0 atom stereocenters. The van der Waals surface area contributed by atoms with Crippen LogP contribution in [0.15, 0.2) is 30.3 Å². The number of hydrogen-bond acceptors (Lipinski definition) is 2. The van der Waals surface area contributed by atoms with Crippen LogP contribution >= 0.6 is 0 Å². The minimum Gasteiger partial charge on any atom is -0.388 e. The molecule has 0 radical (unpaired) electrons. The Hall–Kier alpha value is -1.35. The molecule has 0 bridgehead atoms. The Balaban J connectivity index is 2.09. The summed E-state index contributed by atoms with van der Waals surface area (Å²) in [6, 6.07) is 10.6. The summed E-state index contributed by atoms with van der Waals surface area (Å²) in [6.07, 6.45) is 3.96. The van der Waals surface area contributed by atoms with Crippen LogP contribution in [0.2, 0.25) is 0 Å². The summed E-state index contributed by atoms with van der Waals surface area (Å²) in [5.74, 6) is 0.303. The Bertz CT molecular complexity index is 321. The maximum absolute atomic E-state index is 7.14. The molecule has 0 aromatic heterocycles. The van der Waals surface area contributed by atoms with E-state index in [1.54, 1.807) is 0 Å². The van der Waals surface area contributed by atoms with E-state index in [9.17, 15) is 0 Å². The van der Waals surface area contributed by atoms with Gasteiger partial charge >= 0.3 is 0 Å². The first-order valence-corrected chi connectivity index (χ1v) is 6.24. The molecule has 1 aromatic rings. The van der Waals surface area contributed by atoms with Gasteiger partial charge in [0.1, 0.15) is 0 Å². The Kier molecular flexibility index (Phi) is 6.33. The lowest BCUT2D eigenvalue weighted by Gasteiger charge is -2.16. The van der Waals surface area contributed by atoms with E-state index in [1.807, 2.05) is 0 Å². The Morgan fingerprint density at radius 1 is 1.18 bits per heavy atom. The minimum absolute atomic E-state index is 0.303. The second-order valence-corrected chi connectivity index (χ2v) is 4.52. The molecule has 3 N–H and O–H groups in total. The third-order valence-electron chi connectivity index (χ3n) is 2.86. The zero-order chi connectivity index (χ0) is 12.5. The van der Waals surface area contributed by atoms with Gasteiger partial charge in [0.15, 0.2) is 0 Å². The minimum atomic E-state index is 0.303. The van der Waals surface area contributed by atoms with Crippen LogP contribution in [-0.2, 0) is 6.42 Å². The lowest BCUT2D eigenvalue weighted by molar-refractivity contribution is 0.331. The quantitative estimate of drug-likeness (QED) is 0.411. The van der Waals surface area contributed by atoms with E-state index in [-0.39, 0.29) is 0 Å². The average molecular weight is 233 g/mol. The molecule has 94 valence electrons. The highest BCUT2D eigenvalue weighted by Gasteiger charge is 1.99. The molecule has 1 rings (SSSR count). The van der Waals surface area contributed by atoms with E-state index < -0.39 is 0 Å². The Morgan fingerprint density at radius 3 is 2.53 bits per heavy atom. The van der Waals surface area contributed by atoms with Gasteiger partial charge in [-0.05, 0) is 38.4 Å². The molecule has 0 heterocycles. The summed E-state index contributed by atoms with van der Waals surface area (Å²) in [5.41, 5.74) is 6.71. The van der Waals surface area contributed by atoms with Gasteiger partial charge in [-0.15, -0.1) is 0 Å². The van der Waals surface area contributed by atoms with Gasteiger partial charge in [0, 0.05) is 13.0 Å². The summed E-state index contributed by atoms with van der Waals surface area (Å²) in [7, 11) is 2.15. The lowest BCUT2D eigenvalue weighted by Crippen LogP contribution is -2.22. The van der Waals surface area contributed by atoms with Gasteiger partial charge in [0.05, 0.1) is 5.84 Å². The van der Waals surface area contributed by atoms with Gasteiger partial charge in [-0.3, -0.25) is 5.41 Å². The number of nitrogens with zero attached hydrogens (tertiary/aromatic N) is 1. The first kappa shape index (κ1) is 13.7. The predicted molar refractivity (Wildman–Crippen MR) is 73.4 cm³/mol. The van der Waals surface area contributed by atoms with Crippen molar-refractivity contribution in [3.8, 4) is 0 Å². The van der Waals surface area contributed by atoms with Crippen LogP contribution < -0.4 is 5.73 Å². The lowest BCUT2D eigenvalue weighted by atomic mass is 10.1. The molecule has 0 aliphatic carbocycles. The summed E-state index contributed by atoms with van der Waals surface area (Å²) in [5, 5.41) is 7.14. The molecule has 0 saturated heterocycles. The first-order chi connectivity index (χ1) is 8.18. The fourth-order valence-corrected chi connectivity index (χ4v) is 1.77. The molecule has 17 heavy (non-hydrogen) atoms. The number of rotatable bonds is 8. The van der Waals surface area contributed by atoms with Gasteiger partial charge in [-0.25, -0.2) is 0 Å². The smallest absolute Gasteiger partial charge is 0.0905 e. The number of likely N-dealkylation sites (N-methyl/N-ethyl adjacent to an activating group) is 1. The van der Waals surface area contributed by atoms with Crippen molar-refractivity contribution in [2.24, 2.45) is 5.73 Å². The SMILES string of the molecule is CN(CCCCC(=N)N)CCc1ccccc1. The predicted octanol–water partition coefficient (Wildman–Crippen LogP) is 2.27. The maximum Gasteiger partial charge on any atom is 0.0905 e. The first-order valence-electron chi connectivity index (χ1n) is 6.24. The summed E-state index contributed by atoms with van der Waals surface area (Å²) < 4.78 is 0. The highest BCUT2D eigenvalue weighted by molar-refractivity contribution is 5.76. The van der Waals surface area contributed by atoms with Crippen molar-refractivity contribution in [3.05, 3.63) is 35.9 Å². The Morgan fingerprint density at radius 2 is 1.88 bits per heavy atom. The molecule has 0 saturated carbocycles. The van der Waals surface area contributed by atoms with E-state index in [4.69, 9.17) is 11.1 Å². The van der Waals surface area contributed by atoms with Gasteiger partial charge in [0.25, 0.3) is 0 Å². The van der Waals surface area contributed by atoms with E-state index in [0.29, 0.717) is 5.84 Å². The van der Waals surface area contributed by atoms with Crippen molar-refractivity contribution in [3.63, 3.8) is 0 Å². The zero-order valence-corrected chi connectivity index (χ0v) is 10.7. The molecule has 3 nitrogen and oxygen atoms in total. The van der Waals surface area contributed by atoms with Crippen molar-refractivity contribution in [2.75, 3.05) is 20.1 Å². The summed E-state index contributed by atoms with van der Waals surface area (Å²) in [6.45, 7) is 2.17. The second kappa shape index (κ2) is 7.85. The summed E-state index contributed by atoms with van der Waals surface area (Å²) in [4.78, 5) is 2.34. The molecule has 0 fully saturated rings. The normalized spacial score (nSPS) is 10.7. The van der Waals surface area contributed by atoms with Crippen LogP contribution in [0, 0.1) is 5.41 Å². The zero-order valence-electron chi connectivity index (χ0n) is 10.7. The van der Waals surface area contributed by atoms with Crippen molar-refractivity contribution in [1.29, 1.82) is 5.41 Å². The largest absolute Gasteiger partial charge is 0.388 e. The highest BCUT2D eigenvalue weighted by atomic mass is 15.1. The maximum atomic E-state index is 7.14. The van der Waals surface area contributed by atoms with Crippen molar-refractivity contribution in [1.82, 2.24) is 4.90 Å².